The molecule has 4 nitrogen and oxygen atoms in total. The average Bonchev–Trinajstić information content (AvgIpc) is 2.94. The van der Waals surface area contributed by atoms with Gasteiger partial charge in [0.05, 0.1) is 11.2 Å². The number of carbonyl (C=O) groups is 1. The Balaban J connectivity index is 1.72. The second-order valence-electron chi connectivity index (χ2n) is 5.38. The number of rotatable bonds is 3. The van der Waals surface area contributed by atoms with E-state index >= 15 is 0 Å². The number of thiazole rings is 1. The van der Waals surface area contributed by atoms with Crippen molar-refractivity contribution in [3.8, 4) is 0 Å². The van der Waals surface area contributed by atoms with Crippen LogP contribution in [0.1, 0.15) is 19.3 Å². The molecule has 3 rings (SSSR count). The highest BCUT2D eigenvalue weighted by molar-refractivity contribution is 7.22. The molecule has 1 aromatic heterocycles. The van der Waals surface area contributed by atoms with Crippen molar-refractivity contribution in [3.05, 3.63) is 24.0 Å². The maximum Gasteiger partial charge on any atom is 0.242 e. The molecule has 0 unspecified atom stereocenters. The molecule has 1 aromatic carbocycles. The van der Waals surface area contributed by atoms with Gasteiger partial charge in [-0.2, -0.15) is 0 Å². The summed E-state index contributed by atoms with van der Waals surface area (Å²) in [5.74, 6) is -0.192. The number of carbonyl (C=O) groups excluding carboxylic acids is 1. The zero-order valence-electron chi connectivity index (χ0n) is 12.0. The fourth-order valence-electron chi connectivity index (χ4n) is 2.58. The van der Waals surface area contributed by atoms with Crippen LogP contribution in [-0.2, 0) is 4.79 Å². The SMILES string of the molecule is CN(CC(=O)N1CCCCC1)c1nc2c(F)cccc2s1. The van der Waals surface area contributed by atoms with Gasteiger partial charge in [-0.3, -0.25) is 4.79 Å². The van der Waals surface area contributed by atoms with Crippen LogP contribution in [0.5, 0.6) is 0 Å². The summed E-state index contributed by atoms with van der Waals surface area (Å²) >= 11 is 1.41. The Morgan fingerprint density at radius 2 is 2.14 bits per heavy atom. The van der Waals surface area contributed by atoms with Gasteiger partial charge in [0.2, 0.25) is 5.91 Å². The van der Waals surface area contributed by atoms with Crippen molar-refractivity contribution >= 4 is 32.6 Å². The molecule has 1 amide bonds. The smallest absolute Gasteiger partial charge is 0.242 e. The molecule has 1 aliphatic heterocycles. The van der Waals surface area contributed by atoms with Crippen LogP contribution in [0.4, 0.5) is 9.52 Å². The molecule has 21 heavy (non-hydrogen) atoms. The first kappa shape index (κ1) is 14.3. The summed E-state index contributed by atoms with van der Waals surface area (Å²) in [7, 11) is 1.83. The van der Waals surface area contributed by atoms with Gasteiger partial charge in [-0.1, -0.05) is 17.4 Å². The third-order valence-electron chi connectivity index (χ3n) is 3.77. The second-order valence-corrected chi connectivity index (χ2v) is 6.39. The summed E-state index contributed by atoms with van der Waals surface area (Å²) < 4.78 is 14.5. The zero-order valence-corrected chi connectivity index (χ0v) is 12.8. The van der Waals surface area contributed by atoms with Crippen LogP contribution < -0.4 is 4.90 Å². The summed E-state index contributed by atoms with van der Waals surface area (Å²) in [6, 6.07) is 4.93. The lowest BCUT2D eigenvalue weighted by molar-refractivity contribution is -0.130. The van der Waals surface area contributed by atoms with Gasteiger partial charge in [0.15, 0.2) is 5.13 Å². The third-order valence-corrected chi connectivity index (χ3v) is 4.90. The molecular weight excluding hydrogens is 289 g/mol. The summed E-state index contributed by atoms with van der Waals surface area (Å²) in [5, 5.41) is 0.681. The van der Waals surface area contributed by atoms with E-state index in [1.807, 2.05) is 18.0 Å². The Morgan fingerprint density at radius 3 is 2.86 bits per heavy atom. The fourth-order valence-corrected chi connectivity index (χ4v) is 3.52. The minimum atomic E-state index is -0.314. The normalized spacial score (nSPS) is 15.4. The Morgan fingerprint density at radius 1 is 1.38 bits per heavy atom. The van der Waals surface area contributed by atoms with Crippen molar-refractivity contribution in [1.82, 2.24) is 9.88 Å². The quantitative estimate of drug-likeness (QED) is 0.875. The molecule has 0 bridgehead atoms. The Labute approximate surface area is 127 Å². The molecule has 112 valence electrons. The molecule has 0 saturated carbocycles. The van der Waals surface area contributed by atoms with Crippen LogP contribution >= 0.6 is 11.3 Å². The van der Waals surface area contributed by atoms with E-state index in [0.29, 0.717) is 17.2 Å². The molecule has 0 aliphatic carbocycles. The Bertz CT molecular complexity index is 651. The second kappa shape index (κ2) is 5.97. The van der Waals surface area contributed by atoms with Crippen molar-refractivity contribution in [1.29, 1.82) is 0 Å². The number of para-hydroxylation sites is 1. The number of anilines is 1. The van der Waals surface area contributed by atoms with E-state index in [1.54, 1.807) is 11.0 Å². The number of likely N-dealkylation sites (tertiary alicyclic amines) is 1. The number of hydrogen-bond acceptors (Lipinski definition) is 4. The van der Waals surface area contributed by atoms with Gasteiger partial charge in [0.1, 0.15) is 11.3 Å². The minimum absolute atomic E-state index is 0.122. The first-order chi connectivity index (χ1) is 10.1. The van der Waals surface area contributed by atoms with Crippen molar-refractivity contribution < 1.29 is 9.18 Å². The standard InChI is InChI=1S/C15H18FN3OS/c1-18(10-13(20)19-8-3-2-4-9-19)15-17-14-11(16)6-5-7-12(14)21-15/h5-7H,2-4,8-10H2,1H3. The van der Waals surface area contributed by atoms with E-state index in [4.69, 9.17) is 0 Å². The van der Waals surface area contributed by atoms with E-state index in [1.165, 1.54) is 23.8 Å². The minimum Gasteiger partial charge on any atom is -0.342 e. The molecule has 6 heteroatoms. The summed E-state index contributed by atoms with van der Waals surface area (Å²) in [6.45, 7) is 1.99. The number of hydrogen-bond donors (Lipinski definition) is 0. The molecule has 0 radical (unpaired) electrons. The van der Waals surface area contributed by atoms with Crippen molar-refractivity contribution in [2.75, 3.05) is 31.6 Å². The molecule has 0 atom stereocenters. The third kappa shape index (κ3) is 3.00. The van der Waals surface area contributed by atoms with E-state index in [9.17, 15) is 9.18 Å². The van der Waals surface area contributed by atoms with Gasteiger partial charge in [-0.05, 0) is 31.4 Å². The van der Waals surface area contributed by atoms with E-state index in [0.717, 1.165) is 30.6 Å². The molecule has 1 fully saturated rings. The lowest BCUT2D eigenvalue weighted by atomic mass is 10.1. The monoisotopic (exact) mass is 307 g/mol. The van der Waals surface area contributed by atoms with Crippen LogP contribution in [0.3, 0.4) is 0 Å². The number of piperidine rings is 1. The largest absolute Gasteiger partial charge is 0.342 e. The van der Waals surface area contributed by atoms with Gasteiger partial charge in [0, 0.05) is 20.1 Å². The first-order valence-corrected chi connectivity index (χ1v) is 8.01. The topological polar surface area (TPSA) is 36.4 Å². The van der Waals surface area contributed by atoms with Crippen molar-refractivity contribution in [2.24, 2.45) is 0 Å². The number of halogens is 1. The maximum atomic E-state index is 13.7. The lowest BCUT2D eigenvalue weighted by Gasteiger charge is -2.28. The van der Waals surface area contributed by atoms with Gasteiger partial charge >= 0.3 is 0 Å². The number of fused-ring (bicyclic) bond motifs is 1. The Kier molecular flexibility index (Phi) is 4.05. The molecule has 1 saturated heterocycles. The first-order valence-electron chi connectivity index (χ1n) is 7.19. The maximum absolute atomic E-state index is 13.7. The van der Waals surface area contributed by atoms with E-state index in [2.05, 4.69) is 4.98 Å². The molecule has 2 aromatic rings. The molecule has 0 spiro atoms. The predicted molar refractivity (Wildman–Crippen MR) is 83.3 cm³/mol. The molecule has 1 aliphatic rings. The van der Waals surface area contributed by atoms with Crippen LogP contribution in [0.15, 0.2) is 18.2 Å². The number of aromatic nitrogens is 1. The Hall–Kier alpha value is -1.69. The van der Waals surface area contributed by atoms with Crippen LogP contribution in [-0.4, -0.2) is 42.5 Å². The van der Waals surface area contributed by atoms with E-state index in [-0.39, 0.29) is 11.7 Å². The number of nitrogens with zero attached hydrogens (tertiary/aromatic N) is 3. The highest BCUT2D eigenvalue weighted by Crippen LogP contribution is 2.29. The number of amides is 1. The van der Waals surface area contributed by atoms with E-state index < -0.39 is 0 Å². The highest BCUT2D eigenvalue weighted by atomic mass is 32.1. The lowest BCUT2D eigenvalue weighted by Crippen LogP contribution is -2.41. The average molecular weight is 307 g/mol. The van der Waals surface area contributed by atoms with Crippen LogP contribution in [0.2, 0.25) is 0 Å². The van der Waals surface area contributed by atoms with Crippen LogP contribution in [0.25, 0.3) is 10.2 Å². The van der Waals surface area contributed by atoms with Gasteiger partial charge in [0.25, 0.3) is 0 Å². The summed E-state index contributed by atoms with van der Waals surface area (Å²) in [5.41, 5.74) is 0.384. The highest BCUT2D eigenvalue weighted by Gasteiger charge is 2.19. The van der Waals surface area contributed by atoms with Crippen LogP contribution in [0, 0.1) is 5.82 Å². The van der Waals surface area contributed by atoms with Gasteiger partial charge < -0.3 is 9.80 Å². The molecule has 2 heterocycles. The van der Waals surface area contributed by atoms with Gasteiger partial charge in [-0.25, -0.2) is 9.37 Å². The summed E-state index contributed by atoms with van der Waals surface area (Å²) in [6.07, 6.45) is 3.38. The fraction of sp³-hybridized carbons (Fsp3) is 0.467. The number of likely N-dealkylation sites (N-methyl/N-ethyl adjacent to an activating group) is 1. The number of benzene rings is 1. The molecule has 0 N–H and O–H groups in total. The summed E-state index contributed by atoms with van der Waals surface area (Å²) in [4.78, 5) is 20.3. The van der Waals surface area contributed by atoms with Gasteiger partial charge in [-0.15, -0.1) is 0 Å². The predicted octanol–water partition coefficient (Wildman–Crippen LogP) is 2.88. The van der Waals surface area contributed by atoms with Crippen molar-refractivity contribution in [2.45, 2.75) is 19.3 Å². The van der Waals surface area contributed by atoms with Crippen molar-refractivity contribution in [3.63, 3.8) is 0 Å². The zero-order chi connectivity index (χ0) is 14.8. The molecular formula is C15H18FN3OS.